The molecule has 5 nitrogen and oxygen atoms in total. The van der Waals surface area contributed by atoms with Gasteiger partial charge in [-0.15, -0.1) is 0 Å². The largest absolute Gasteiger partial charge is 0.308 e. The summed E-state index contributed by atoms with van der Waals surface area (Å²) in [5, 5.41) is 12.3. The van der Waals surface area contributed by atoms with Crippen LogP contribution in [-0.2, 0) is 13.6 Å². The molecule has 0 aliphatic carbocycles. The molecule has 0 amide bonds. The molecule has 2 heterocycles. The minimum atomic E-state index is 0.141. The van der Waals surface area contributed by atoms with E-state index in [0.717, 1.165) is 18.7 Å². The molecule has 0 aliphatic heterocycles. The fraction of sp³-hybridized carbons (Fsp3) is 0.571. The van der Waals surface area contributed by atoms with Gasteiger partial charge < -0.3 is 5.32 Å². The van der Waals surface area contributed by atoms with Crippen LogP contribution in [0.2, 0.25) is 0 Å². The lowest BCUT2D eigenvalue weighted by Crippen LogP contribution is -2.23. The summed E-state index contributed by atoms with van der Waals surface area (Å²) in [7, 11) is 3.97. The Hall–Kier alpha value is -1.62. The number of aryl methyl sites for hydroxylation is 3. The fourth-order valence-corrected chi connectivity index (χ4v) is 2.63. The van der Waals surface area contributed by atoms with Crippen LogP contribution in [0.25, 0.3) is 0 Å². The second-order valence-corrected chi connectivity index (χ2v) is 4.91. The topological polar surface area (TPSA) is 47.7 Å². The average molecular weight is 261 g/mol. The third-order valence-corrected chi connectivity index (χ3v) is 3.62. The molecule has 0 radical (unpaired) electrons. The van der Waals surface area contributed by atoms with Gasteiger partial charge in [-0.1, -0.05) is 6.92 Å². The van der Waals surface area contributed by atoms with E-state index in [2.05, 4.69) is 47.0 Å². The molecule has 0 bridgehead atoms. The molecular formula is C14H23N5. The van der Waals surface area contributed by atoms with E-state index >= 15 is 0 Å². The van der Waals surface area contributed by atoms with E-state index in [-0.39, 0.29) is 6.04 Å². The summed E-state index contributed by atoms with van der Waals surface area (Å²) >= 11 is 0. The van der Waals surface area contributed by atoms with E-state index in [1.54, 1.807) is 0 Å². The van der Waals surface area contributed by atoms with Gasteiger partial charge in [0.15, 0.2) is 0 Å². The summed E-state index contributed by atoms with van der Waals surface area (Å²) in [6.45, 7) is 7.28. The zero-order valence-electron chi connectivity index (χ0n) is 12.4. The Kier molecular flexibility index (Phi) is 4.04. The molecule has 1 N–H and O–H groups in total. The highest BCUT2D eigenvalue weighted by Crippen LogP contribution is 2.27. The summed E-state index contributed by atoms with van der Waals surface area (Å²) in [4.78, 5) is 0. The number of hydrogen-bond donors (Lipinski definition) is 1. The minimum Gasteiger partial charge on any atom is -0.308 e. The third kappa shape index (κ3) is 2.42. The maximum atomic E-state index is 4.51. The summed E-state index contributed by atoms with van der Waals surface area (Å²) in [6.07, 6.45) is 2.95. The van der Waals surface area contributed by atoms with E-state index in [9.17, 15) is 0 Å². The van der Waals surface area contributed by atoms with E-state index in [1.807, 2.05) is 25.0 Å². The monoisotopic (exact) mass is 261 g/mol. The summed E-state index contributed by atoms with van der Waals surface area (Å²) < 4.78 is 4.02. The molecule has 0 fully saturated rings. The molecular weight excluding hydrogens is 238 g/mol. The first-order valence-electron chi connectivity index (χ1n) is 6.79. The second kappa shape index (κ2) is 5.57. The quantitative estimate of drug-likeness (QED) is 0.895. The lowest BCUT2D eigenvalue weighted by atomic mass is 10.0. The number of aromatic nitrogens is 4. The van der Waals surface area contributed by atoms with Gasteiger partial charge in [0.1, 0.15) is 0 Å². The van der Waals surface area contributed by atoms with Crippen LogP contribution < -0.4 is 5.32 Å². The number of nitrogens with zero attached hydrogens (tertiary/aromatic N) is 4. The first-order valence-corrected chi connectivity index (χ1v) is 6.79. The Morgan fingerprint density at radius 3 is 2.63 bits per heavy atom. The molecule has 0 aliphatic rings. The molecule has 0 aromatic carbocycles. The molecule has 0 spiro atoms. The van der Waals surface area contributed by atoms with Crippen LogP contribution in [0.5, 0.6) is 0 Å². The number of rotatable bonds is 5. The van der Waals surface area contributed by atoms with Crippen molar-refractivity contribution in [3.05, 3.63) is 34.9 Å². The fourth-order valence-electron chi connectivity index (χ4n) is 2.63. The minimum absolute atomic E-state index is 0.141. The van der Waals surface area contributed by atoms with Crippen LogP contribution in [-0.4, -0.2) is 26.6 Å². The van der Waals surface area contributed by atoms with Gasteiger partial charge in [0.25, 0.3) is 0 Å². The lowest BCUT2D eigenvalue weighted by Gasteiger charge is -2.18. The van der Waals surface area contributed by atoms with Crippen LogP contribution in [0.15, 0.2) is 12.3 Å². The van der Waals surface area contributed by atoms with E-state index < -0.39 is 0 Å². The van der Waals surface area contributed by atoms with Crippen molar-refractivity contribution in [1.82, 2.24) is 24.9 Å². The first kappa shape index (κ1) is 13.8. The van der Waals surface area contributed by atoms with Gasteiger partial charge in [0, 0.05) is 31.0 Å². The van der Waals surface area contributed by atoms with Gasteiger partial charge in [-0.2, -0.15) is 10.2 Å². The molecule has 2 aromatic heterocycles. The van der Waals surface area contributed by atoms with Crippen LogP contribution >= 0.6 is 0 Å². The van der Waals surface area contributed by atoms with Gasteiger partial charge in [0.2, 0.25) is 0 Å². The highest BCUT2D eigenvalue weighted by molar-refractivity contribution is 5.34. The normalized spacial score (nSPS) is 12.9. The van der Waals surface area contributed by atoms with Crippen molar-refractivity contribution in [1.29, 1.82) is 0 Å². The van der Waals surface area contributed by atoms with Gasteiger partial charge in [-0.25, -0.2) is 0 Å². The molecule has 0 saturated carbocycles. The molecule has 104 valence electrons. The number of nitrogens with one attached hydrogen (secondary N) is 1. The van der Waals surface area contributed by atoms with Crippen LogP contribution in [0.1, 0.15) is 42.0 Å². The Bertz CT molecular complexity index is 552. The van der Waals surface area contributed by atoms with Gasteiger partial charge in [-0.05, 0) is 33.4 Å². The number of hydrogen-bond acceptors (Lipinski definition) is 3. The predicted molar refractivity (Wildman–Crippen MR) is 76.1 cm³/mol. The smallest absolute Gasteiger partial charge is 0.0782 e. The molecule has 1 atom stereocenters. The zero-order valence-corrected chi connectivity index (χ0v) is 12.4. The van der Waals surface area contributed by atoms with Gasteiger partial charge >= 0.3 is 0 Å². The molecule has 5 heteroatoms. The highest BCUT2D eigenvalue weighted by Gasteiger charge is 2.23. The zero-order chi connectivity index (χ0) is 14.0. The predicted octanol–water partition coefficient (Wildman–Crippen LogP) is 1.95. The third-order valence-electron chi connectivity index (χ3n) is 3.62. The van der Waals surface area contributed by atoms with Crippen LogP contribution in [0, 0.1) is 13.8 Å². The van der Waals surface area contributed by atoms with E-state index in [4.69, 9.17) is 0 Å². The molecule has 2 rings (SSSR count). The molecule has 2 aromatic rings. The van der Waals surface area contributed by atoms with Crippen molar-refractivity contribution in [2.75, 3.05) is 7.05 Å². The Morgan fingerprint density at radius 2 is 2.11 bits per heavy atom. The first-order chi connectivity index (χ1) is 9.10. The molecule has 19 heavy (non-hydrogen) atoms. The summed E-state index contributed by atoms with van der Waals surface area (Å²) in [5.74, 6) is 0. The maximum absolute atomic E-state index is 4.51. The Morgan fingerprint density at radius 1 is 1.37 bits per heavy atom. The van der Waals surface area contributed by atoms with Crippen LogP contribution in [0.3, 0.4) is 0 Å². The van der Waals surface area contributed by atoms with Gasteiger partial charge in [-0.3, -0.25) is 9.36 Å². The SMILES string of the molecule is CCCn1nccc1C(NC)c1c(C)nn(C)c1C. The maximum Gasteiger partial charge on any atom is 0.0782 e. The summed E-state index contributed by atoms with van der Waals surface area (Å²) in [6, 6.07) is 2.23. The summed E-state index contributed by atoms with van der Waals surface area (Å²) in [5.41, 5.74) is 4.72. The van der Waals surface area contributed by atoms with Crippen LogP contribution in [0.4, 0.5) is 0 Å². The Balaban J connectivity index is 2.47. The van der Waals surface area contributed by atoms with Crippen molar-refractivity contribution in [3.8, 4) is 0 Å². The van der Waals surface area contributed by atoms with Crippen molar-refractivity contribution in [2.24, 2.45) is 7.05 Å². The van der Waals surface area contributed by atoms with Gasteiger partial charge in [0.05, 0.1) is 17.4 Å². The van der Waals surface area contributed by atoms with Crippen molar-refractivity contribution < 1.29 is 0 Å². The van der Waals surface area contributed by atoms with Crippen molar-refractivity contribution >= 4 is 0 Å². The van der Waals surface area contributed by atoms with E-state index in [1.165, 1.54) is 17.0 Å². The van der Waals surface area contributed by atoms with Crippen molar-refractivity contribution in [2.45, 2.75) is 39.8 Å². The van der Waals surface area contributed by atoms with Crippen molar-refractivity contribution in [3.63, 3.8) is 0 Å². The molecule has 0 saturated heterocycles. The molecule has 1 unspecified atom stereocenters. The second-order valence-electron chi connectivity index (χ2n) is 4.91. The Labute approximate surface area is 114 Å². The average Bonchev–Trinajstić information content (AvgIpc) is 2.91. The lowest BCUT2D eigenvalue weighted by molar-refractivity contribution is 0.532. The van der Waals surface area contributed by atoms with E-state index in [0.29, 0.717) is 0 Å². The standard InChI is InChI=1S/C14H23N5/c1-6-9-19-12(7-8-16-19)14(15-4)13-10(2)17-18(5)11(13)3/h7-8,14-15H,6,9H2,1-5H3. The highest BCUT2D eigenvalue weighted by atomic mass is 15.3.